The molecule has 0 aliphatic carbocycles. The predicted octanol–water partition coefficient (Wildman–Crippen LogP) is 5.57. The molecular weight excluding hydrogens is 378 g/mol. The number of hydrogen-bond acceptors (Lipinski definition) is 3. The topological polar surface area (TPSA) is 79.5 Å². The summed E-state index contributed by atoms with van der Waals surface area (Å²) in [4.78, 5) is 23.4. The Labute approximate surface area is 167 Å². The Bertz CT molecular complexity index is 1080. The van der Waals surface area contributed by atoms with Crippen LogP contribution in [0.4, 0.5) is 5.69 Å². The van der Waals surface area contributed by atoms with E-state index in [2.05, 4.69) is 5.32 Å². The van der Waals surface area contributed by atoms with Crippen LogP contribution < -0.4 is 5.32 Å². The number of aromatic carboxylic acids is 1. The maximum atomic E-state index is 12.2. The van der Waals surface area contributed by atoms with Gasteiger partial charge in [0.2, 0.25) is 5.91 Å². The number of anilines is 1. The third-order valence-electron chi connectivity index (χ3n) is 4.30. The van der Waals surface area contributed by atoms with Crippen molar-refractivity contribution < 1.29 is 19.1 Å². The van der Waals surface area contributed by atoms with E-state index in [1.807, 2.05) is 25.1 Å². The highest BCUT2D eigenvalue weighted by Crippen LogP contribution is 2.27. The first kappa shape index (κ1) is 19.5. The molecule has 3 aromatic rings. The molecule has 0 fully saturated rings. The molecule has 0 unspecified atom stereocenters. The molecule has 0 saturated heterocycles. The molecule has 0 atom stereocenters. The number of benzene rings is 2. The third-order valence-corrected chi connectivity index (χ3v) is 4.71. The highest BCUT2D eigenvalue weighted by molar-refractivity contribution is 6.31. The second-order valence-corrected chi connectivity index (χ2v) is 6.68. The first-order chi connectivity index (χ1) is 13.3. The molecule has 0 bridgehead atoms. The Hall–Kier alpha value is -3.31. The van der Waals surface area contributed by atoms with E-state index in [4.69, 9.17) is 21.1 Å². The van der Waals surface area contributed by atoms with E-state index >= 15 is 0 Å². The number of carbonyl (C=O) groups excluding carboxylic acids is 1. The lowest BCUT2D eigenvalue weighted by atomic mass is 10.1. The molecule has 5 nitrogen and oxygen atoms in total. The smallest absolute Gasteiger partial charge is 0.336 e. The quantitative estimate of drug-likeness (QED) is 0.553. The fraction of sp³-hybridized carbons (Fsp3) is 0.0909. The maximum Gasteiger partial charge on any atom is 0.336 e. The summed E-state index contributed by atoms with van der Waals surface area (Å²) < 4.78 is 5.74. The van der Waals surface area contributed by atoms with Crippen LogP contribution >= 0.6 is 11.6 Å². The van der Waals surface area contributed by atoms with Gasteiger partial charge in [0.1, 0.15) is 11.5 Å². The number of furan rings is 1. The monoisotopic (exact) mass is 395 g/mol. The SMILES string of the molecule is Cc1ccc(-c2ccc(/C=C/C(=O)Nc3cccc(C(=O)O)c3C)o2)cc1Cl. The van der Waals surface area contributed by atoms with E-state index in [0.717, 1.165) is 11.1 Å². The van der Waals surface area contributed by atoms with E-state index in [0.29, 0.717) is 27.8 Å². The third kappa shape index (κ3) is 4.32. The fourth-order valence-electron chi connectivity index (χ4n) is 2.68. The second-order valence-electron chi connectivity index (χ2n) is 6.27. The van der Waals surface area contributed by atoms with Gasteiger partial charge in [-0.1, -0.05) is 29.8 Å². The number of halogens is 1. The van der Waals surface area contributed by atoms with E-state index in [1.165, 1.54) is 12.1 Å². The van der Waals surface area contributed by atoms with Crippen LogP contribution in [0, 0.1) is 13.8 Å². The van der Waals surface area contributed by atoms with Crippen molar-refractivity contribution in [2.75, 3.05) is 5.32 Å². The van der Waals surface area contributed by atoms with Crippen LogP contribution in [-0.4, -0.2) is 17.0 Å². The molecule has 6 heteroatoms. The average Bonchev–Trinajstić information content (AvgIpc) is 3.13. The molecule has 1 aromatic heterocycles. The number of amides is 1. The van der Waals surface area contributed by atoms with Gasteiger partial charge in [-0.3, -0.25) is 4.79 Å². The highest BCUT2D eigenvalue weighted by atomic mass is 35.5. The van der Waals surface area contributed by atoms with Crippen molar-refractivity contribution >= 4 is 35.2 Å². The van der Waals surface area contributed by atoms with E-state index in [1.54, 1.807) is 37.3 Å². The Balaban J connectivity index is 1.72. The van der Waals surface area contributed by atoms with Crippen molar-refractivity contribution in [1.82, 2.24) is 0 Å². The Morgan fingerprint density at radius 2 is 1.89 bits per heavy atom. The number of nitrogens with one attached hydrogen (secondary N) is 1. The Morgan fingerprint density at radius 1 is 1.11 bits per heavy atom. The van der Waals surface area contributed by atoms with Crippen LogP contribution in [0.15, 0.2) is 59.0 Å². The predicted molar refractivity (Wildman–Crippen MR) is 110 cm³/mol. The van der Waals surface area contributed by atoms with Gasteiger partial charge < -0.3 is 14.8 Å². The fourth-order valence-corrected chi connectivity index (χ4v) is 2.86. The van der Waals surface area contributed by atoms with Gasteiger partial charge in [-0.15, -0.1) is 0 Å². The summed E-state index contributed by atoms with van der Waals surface area (Å²) in [5.74, 6) is -0.268. The summed E-state index contributed by atoms with van der Waals surface area (Å²) >= 11 is 6.15. The maximum absolute atomic E-state index is 12.2. The minimum absolute atomic E-state index is 0.147. The summed E-state index contributed by atoms with van der Waals surface area (Å²) in [7, 11) is 0. The van der Waals surface area contributed by atoms with Gasteiger partial charge in [-0.25, -0.2) is 4.79 Å². The molecular formula is C22H18ClNO4. The molecule has 2 N–H and O–H groups in total. The second kappa shape index (κ2) is 8.15. The van der Waals surface area contributed by atoms with Gasteiger partial charge in [0.15, 0.2) is 0 Å². The first-order valence-corrected chi connectivity index (χ1v) is 8.91. The number of carboxylic acid groups (broad SMARTS) is 1. The molecule has 1 amide bonds. The van der Waals surface area contributed by atoms with Crippen LogP contribution in [0.2, 0.25) is 5.02 Å². The number of hydrogen-bond donors (Lipinski definition) is 2. The molecule has 0 radical (unpaired) electrons. The molecule has 142 valence electrons. The summed E-state index contributed by atoms with van der Waals surface area (Å²) in [6.45, 7) is 3.57. The van der Waals surface area contributed by atoms with Gasteiger partial charge in [0.25, 0.3) is 0 Å². The van der Waals surface area contributed by atoms with Crippen LogP contribution in [0.1, 0.15) is 27.2 Å². The molecule has 0 saturated carbocycles. The van der Waals surface area contributed by atoms with E-state index in [-0.39, 0.29) is 11.5 Å². The summed E-state index contributed by atoms with van der Waals surface area (Å²) in [6, 6.07) is 13.9. The molecule has 0 aliphatic rings. The van der Waals surface area contributed by atoms with Gasteiger partial charge in [0, 0.05) is 22.3 Å². The van der Waals surface area contributed by atoms with Crippen LogP contribution in [0.25, 0.3) is 17.4 Å². The minimum Gasteiger partial charge on any atom is -0.478 e. The normalized spacial score (nSPS) is 11.0. The van der Waals surface area contributed by atoms with Crippen LogP contribution in [0.3, 0.4) is 0 Å². The number of rotatable bonds is 5. The number of aryl methyl sites for hydroxylation is 1. The Kier molecular flexibility index (Phi) is 5.66. The van der Waals surface area contributed by atoms with Gasteiger partial charge in [0.05, 0.1) is 5.56 Å². The molecule has 1 heterocycles. The largest absolute Gasteiger partial charge is 0.478 e. The van der Waals surface area contributed by atoms with Crippen molar-refractivity contribution in [3.63, 3.8) is 0 Å². The lowest BCUT2D eigenvalue weighted by molar-refractivity contribution is -0.111. The van der Waals surface area contributed by atoms with Crippen molar-refractivity contribution in [2.24, 2.45) is 0 Å². The van der Waals surface area contributed by atoms with Gasteiger partial charge >= 0.3 is 5.97 Å². The summed E-state index contributed by atoms with van der Waals surface area (Å²) in [6.07, 6.45) is 2.88. The zero-order valence-electron chi connectivity index (χ0n) is 15.3. The van der Waals surface area contributed by atoms with Crippen LogP contribution in [0.5, 0.6) is 0 Å². The van der Waals surface area contributed by atoms with Crippen molar-refractivity contribution in [3.05, 3.63) is 82.1 Å². The van der Waals surface area contributed by atoms with Gasteiger partial charge in [-0.2, -0.15) is 0 Å². The van der Waals surface area contributed by atoms with Crippen molar-refractivity contribution in [1.29, 1.82) is 0 Å². The zero-order chi connectivity index (χ0) is 20.3. The zero-order valence-corrected chi connectivity index (χ0v) is 16.1. The van der Waals surface area contributed by atoms with Crippen LogP contribution in [-0.2, 0) is 4.79 Å². The first-order valence-electron chi connectivity index (χ1n) is 8.53. The van der Waals surface area contributed by atoms with E-state index in [9.17, 15) is 9.59 Å². The van der Waals surface area contributed by atoms with Gasteiger partial charge in [-0.05, 0) is 61.4 Å². The molecule has 2 aromatic carbocycles. The average molecular weight is 396 g/mol. The summed E-state index contributed by atoms with van der Waals surface area (Å²) in [5, 5.41) is 12.5. The lowest BCUT2D eigenvalue weighted by Crippen LogP contribution is -2.11. The van der Waals surface area contributed by atoms with E-state index < -0.39 is 5.97 Å². The highest BCUT2D eigenvalue weighted by Gasteiger charge is 2.11. The lowest BCUT2D eigenvalue weighted by Gasteiger charge is -2.08. The Morgan fingerprint density at radius 3 is 2.61 bits per heavy atom. The number of carbonyl (C=O) groups is 2. The minimum atomic E-state index is -1.04. The standard InChI is InChI=1S/C22H18ClNO4/c1-13-6-7-15(12-18(13)23)20-10-8-16(28-20)9-11-21(25)24-19-5-3-4-17(14(19)2)22(26)27/h3-12H,1-2H3,(H,24,25)(H,26,27)/b11-9+. The molecule has 28 heavy (non-hydrogen) atoms. The molecule has 0 spiro atoms. The van der Waals surface area contributed by atoms with Crippen molar-refractivity contribution in [3.8, 4) is 11.3 Å². The number of carboxylic acids is 1. The van der Waals surface area contributed by atoms with Crippen molar-refractivity contribution in [2.45, 2.75) is 13.8 Å². The summed E-state index contributed by atoms with van der Waals surface area (Å²) in [5.41, 5.74) is 2.92. The molecule has 0 aliphatic heterocycles. The molecule has 3 rings (SSSR count).